The summed E-state index contributed by atoms with van der Waals surface area (Å²) in [6.45, 7) is 6.62. The molecule has 0 radical (unpaired) electrons. The Bertz CT molecular complexity index is 230. The fourth-order valence-electron chi connectivity index (χ4n) is 1.63. The van der Waals surface area contributed by atoms with Gasteiger partial charge in [0.25, 0.3) is 0 Å². The Morgan fingerprint density at radius 2 is 2.31 bits per heavy atom. The van der Waals surface area contributed by atoms with Gasteiger partial charge in [-0.25, -0.2) is 0 Å². The molecule has 0 aliphatic carbocycles. The number of methoxy groups -OCH3 is 1. The Morgan fingerprint density at radius 3 is 2.94 bits per heavy atom. The molecule has 1 N–H and O–H groups in total. The van der Waals surface area contributed by atoms with E-state index >= 15 is 0 Å². The van der Waals surface area contributed by atoms with Gasteiger partial charge in [-0.3, -0.25) is 4.79 Å². The van der Waals surface area contributed by atoms with E-state index in [1.807, 2.05) is 13.8 Å². The van der Waals surface area contributed by atoms with E-state index in [9.17, 15) is 4.79 Å². The predicted molar refractivity (Wildman–Crippen MR) is 59.3 cm³/mol. The average Bonchev–Trinajstić information content (AvgIpc) is 2.22. The van der Waals surface area contributed by atoms with E-state index in [0.717, 1.165) is 13.1 Å². The first-order valence-corrected chi connectivity index (χ1v) is 5.56. The van der Waals surface area contributed by atoms with Crippen molar-refractivity contribution in [3.05, 3.63) is 0 Å². The quantitative estimate of drug-likeness (QED) is 0.546. The second kappa shape index (κ2) is 6.18. The summed E-state index contributed by atoms with van der Waals surface area (Å²) >= 11 is 0. The number of morpholine rings is 1. The largest absolute Gasteiger partial charge is 0.469 e. The minimum Gasteiger partial charge on any atom is -0.469 e. The maximum Gasteiger partial charge on any atom is 0.307 e. The van der Waals surface area contributed by atoms with Crippen molar-refractivity contribution >= 4 is 5.97 Å². The van der Waals surface area contributed by atoms with Crippen molar-refractivity contribution in [2.45, 2.75) is 32.0 Å². The fourth-order valence-corrected chi connectivity index (χ4v) is 1.63. The highest BCUT2D eigenvalue weighted by Crippen LogP contribution is 2.15. The zero-order chi connectivity index (χ0) is 12.0. The monoisotopic (exact) mass is 231 g/mol. The highest BCUT2D eigenvalue weighted by Gasteiger charge is 2.28. The number of esters is 1. The lowest BCUT2D eigenvalue weighted by atomic mass is 10.1. The Hall–Kier alpha value is -0.650. The van der Waals surface area contributed by atoms with E-state index in [1.54, 1.807) is 0 Å². The van der Waals surface area contributed by atoms with Crippen molar-refractivity contribution in [1.82, 2.24) is 5.32 Å². The van der Waals surface area contributed by atoms with Crippen LogP contribution in [0.1, 0.15) is 20.3 Å². The normalized spacial score (nSPS) is 24.1. The van der Waals surface area contributed by atoms with Gasteiger partial charge in [0.1, 0.15) is 0 Å². The first-order valence-electron chi connectivity index (χ1n) is 5.56. The molecule has 0 amide bonds. The second-order valence-electron chi connectivity index (χ2n) is 4.53. The van der Waals surface area contributed by atoms with Gasteiger partial charge in [-0.05, 0) is 13.8 Å². The Kier molecular flexibility index (Phi) is 5.18. The first kappa shape index (κ1) is 13.4. The van der Waals surface area contributed by atoms with Crippen molar-refractivity contribution in [2.24, 2.45) is 0 Å². The van der Waals surface area contributed by atoms with Gasteiger partial charge in [0.15, 0.2) is 0 Å². The average molecular weight is 231 g/mol. The lowest BCUT2D eigenvalue weighted by Crippen LogP contribution is -2.51. The number of nitrogens with one attached hydrogen (secondary N) is 1. The molecular weight excluding hydrogens is 210 g/mol. The lowest BCUT2D eigenvalue weighted by Gasteiger charge is -2.36. The molecule has 0 aromatic carbocycles. The summed E-state index contributed by atoms with van der Waals surface area (Å²) in [7, 11) is 1.37. The van der Waals surface area contributed by atoms with Crippen molar-refractivity contribution in [2.75, 3.05) is 33.4 Å². The molecule has 0 saturated carbocycles. The van der Waals surface area contributed by atoms with E-state index < -0.39 is 0 Å². The van der Waals surface area contributed by atoms with Crippen LogP contribution in [0.3, 0.4) is 0 Å². The zero-order valence-electron chi connectivity index (χ0n) is 10.2. The zero-order valence-corrected chi connectivity index (χ0v) is 10.2. The fraction of sp³-hybridized carbons (Fsp3) is 0.909. The van der Waals surface area contributed by atoms with E-state index in [-0.39, 0.29) is 17.7 Å². The van der Waals surface area contributed by atoms with Crippen LogP contribution in [0.25, 0.3) is 0 Å². The van der Waals surface area contributed by atoms with Gasteiger partial charge in [-0.2, -0.15) is 0 Å². The predicted octanol–water partition coefficient (Wildman–Crippen LogP) is 0.333. The number of hydrogen-bond donors (Lipinski definition) is 1. The molecule has 1 heterocycles. The lowest BCUT2D eigenvalue weighted by molar-refractivity contribution is -0.144. The summed E-state index contributed by atoms with van der Waals surface area (Å²) in [5, 5.41) is 3.29. The number of rotatable bonds is 5. The third-order valence-electron chi connectivity index (χ3n) is 2.39. The molecule has 1 unspecified atom stereocenters. The highest BCUT2D eigenvalue weighted by molar-refractivity contribution is 5.69. The van der Waals surface area contributed by atoms with Crippen molar-refractivity contribution < 1.29 is 19.0 Å². The standard InChI is InChI=1S/C11H21NO4/c1-11(2)8-12-6-9(16-11)7-15-5-4-10(13)14-3/h9,12H,4-8H2,1-3H3. The van der Waals surface area contributed by atoms with Crippen LogP contribution in [-0.2, 0) is 19.0 Å². The van der Waals surface area contributed by atoms with Crippen molar-refractivity contribution in [3.8, 4) is 0 Å². The van der Waals surface area contributed by atoms with E-state index in [4.69, 9.17) is 9.47 Å². The van der Waals surface area contributed by atoms with E-state index in [1.165, 1.54) is 7.11 Å². The molecule has 16 heavy (non-hydrogen) atoms. The molecule has 1 saturated heterocycles. The van der Waals surface area contributed by atoms with Gasteiger partial charge in [-0.15, -0.1) is 0 Å². The Labute approximate surface area is 96.4 Å². The van der Waals surface area contributed by atoms with Crippen LogP contribution in [-0.4, -0.2) is 51.1 Å². The molecule has 0 aromatic rings. The molecule has 1 rings (SSSR count). The van der Waals surface area contributed by atoms with Gasteiger partial charge in [-0.1, -0.05) is 0 Å². The minimum absolute atomic E-state index is 0.0568. The molecule has 0 spiro atoms. The van der Waals surface area contributed by atoms with Gasteiger partial charge >= 0.3 is 5.97 Å². The molecule has 5 heteroatoms. The summed E-state index contributed by atoms with van der Waals surface area (Å²) in [6.07, 6.45) is 0.349. The van der Waals surface area contributed by atoms with Gasteiger partial charge in [0.05, 0.1) is 38.4 Å². The van der Waals surface area contributed by atoms with Crippen LogP contribution >= 0.6 is 0 Å². The van der Waals surface area contributed by atoms with Gasteiger partial charge in [0, 0.05) is 13.1 Å². The second-order valence-corrected chi connectivity index (χ2v) is 4.53. The van der Waals surface area contributed by atoms with E-state index in [2.05, 4.69) is 10.1 Å². The molecule has 1 aliphatic rings. The maximum absolute atomic E-state index is 10.8. The van der Waals surface area contributed by atoms with Gasteiger partial charge in [0.2, 0.25) is 0 Å². The first-order chi connectivity index (χ1) is 7.53. The van der Waals surface area contributed by atoms with Crippen LogP contribution in [0.5, 0.6) is 0 Å². The SMILES string of the molecule is COC(=O)CCOCC1CNCC(C)(C)O1. The number of carbonyl (C=O) groups excluding carboxylic acids is 1. The topological polar surface area (TPSA) is 56.8 Å². The number of carbonyl (C=O) groups is 1. The third-order valence-corrected chi connectivity index (χ3v) is 2.39. The summed E-state index contributed by atoms with van der Waals surface area (Å²) in [5.41, 5.74) is -0.144. The summed E-state index contributed by atoms with van der Waals surface area (Å²) in [5.74, 6) is -0.247. The molecule has 1 fully saturated rings. The molecule has 94 valence electrons. The maximum atomic E-state index is 10.8. The van der Waals surface area contributed by atoms with Gasteiger partial charge < -0.3 is 19.5 Å². The van der Waals surface area contributed by atoms with Crippen molar-refractivity contribution in [3.63, 3.8) is 0 Å². The van der Waals surface area contributed by atoms with Crippen LogP contribution in [0.15, 0.2) is 0 Å². The summed E-state index contributed by atoms with van der Waals surface area (Å²) < 4.78 is 15.7. The Balaban J connectivity index is 2.11. The van der Waals surface area contributed by atoms with Crippen molar-refractivity contribution in [1.29, 1.82) is 0 Å². The highest BCUT2D eigenvalue weighted by atomic mass is 16.6. The molecule has 0 aromatic heterocycles. The Morgan fingerprint density at radius 1 is 1.56 bits per heavy atom. The summed E-state index contributed by atoms with van der Waals surface area (Å²) in [4.78, 5) is 10.8. The smallest absolute Gasteiger partial charge is 0.307 e. The summed E-state index contributed by atoms with van der Waals surface area (Å²) in [6, 6.07) is 0. The molecule has 1 atom stereocenters. The number of ether oxygens (including phenoxy) is 3. The third kappa shape index (κ3) is 4.92. The van der Waals surface area contributed by atoms with E-state index in [0.29, 0.717) is 19.6 Å². The van der Waals surface area contributed by atoms with Crippen LogP contribution in [0, 0.1) is 0 Å². The van der Waals surface area contributed by atoms with Crippen LogP contribution < -0.4 is 5.32 Å². The van der Waals surface area contributed by atoms with Crippen LogP contribution in [0.2, 0.25) is 0 Å². The van der Waals surface area contributed by atoms with Crippen LogP contribution in [0.4, 0.5) is 0 Å². The molecular formula is C11H21NO4. The molecule has 5 nitrogen and oxygen atoms in total. The molecule has 0 bridgehead atoms. The number of hydrogen-bond acceptors (Lipinski definition) is 5. The molecule has 1 aliphatic heterocycles. The minimum atomic E-state index is -0.247.